The monoisotopic (exact) mass is 267 g/mol. The third-order valence-electron chi connectivity index (χ3n) is 3.50. The van der Waals surface area contributed by atoms with Gasteiger partial charge in [0, 0.05) is 12.1 Å². The summed E-state index contributed by atoms with van der Waals surface area (Å²) < 4.78 is 0. The number of hydrazine groups is 1. The Balaban J connectivity index is 2.95. The summed E-state index contributed by atoms with van der Waals surface area (Å²) >= 11 is 0. The van der Waals surface area contributed by atoms with Crippen molar-refractivity contribution < 1.29 is 5.11 Å². The zero-order chi connectivity index (χ0) is 14.5. The van der Waals surface area contributed by atoms with E-state index in [1.54, 1.807) is 0 Å². The molecule has 0 radical (unpaired) electrons. The first-order valence-corrected chi connectivity index (χ1v) is 6.75. The molecule has 1 heterocycles. The van der Waals surface area contributed by atoms with E-state index in [0.717, 1.165) is 11.4 Å². The molecule has 1 rings (SSSR count). The Hall–Kier alpha value is -1.40. The van der Waals surface area contributed by atoms with Crippen molar-refractivity contribution in [1.82, 2.24) is 9.97 Å². The number of nitrogens with two attached hydrogens (primary N) is 1. The number of nitrogens with zero attached hydrogens (tertiary/aromatic N) is 2. The lowest BCUT2D eigenvalue weighted by Gasteiger charge is -2.26. The van der Waals surface area contributed by atoms with Crippen LogP contribution in [0.1, 0.15) is 52.0 Å². The number of anilines is 2. The number of hydrogen-bond donors (Lipinski definition) is 4. The fraction of sp³-hybridized carbons (Fsp3) is 0.692. The van der Waals surface area contributed by atoms with Crippen molar-refractivity contribution in [3.05, 3.63) is 11.9 Å². The highest BCUT2D eigenvalue weighted by molar-refractivity contribution is 5.58. The minimum absolute atomic E-state index is 0.228. The molecule has 5 N–H and O–H groups in total. The third kappa shape index (κ3) is 3.78. The molecule has 0 fully saturated rings. The Morgan fingerprint density at radius 2 is 1.84 bits per heavy atom. The molecule has 0 unspecified atom stereocenters. The van der Waals surface area contributed by atoms with Crippen molar-refractivity contribution in [1.29, 1.82) is 0 Å². The molecule has 6 nitrogen and oxygen atoms in total. The van der Waals surface area contributed by atoms with Gasteiger partial charge in [-0.1, -0.05) is 27.7 Å². The Labute approximate surface area is 114 Å². The number of aliphatic hydroxyl groups is 1. The summed E-state index contributed by atoms with van der Waals surface area (Å²) in [6.45, 7) is 8.51. The van der Waals surface area contributed by atoms with Crippen molar-refractivity contribution in [2.45, 2.75) is 52.1 Å². The van der Waals surface area contributed by atoms with Crippen LogP contribution in [-0.2, 0) is 0 Å². The van der Waals surface area contributed by atoms with Gasteiger partial charge in [-0.3, -0.25) is 0 Å². The summed E-state index contributed by atoms with van der Waals surface area (Å²) in [6, 6.07) is 0. The first-order chi connectivity index (χ1) is 8.97. The first kappa shape index (κ1) is 15.7. The molecule has 0 saturated carbocycles. The van der Waals surface area contributed by atoms with Crippen LogP contribution in [0, 0.1) is 0 Å². The molecule has 0 saturated heterocycles. The normalized spacial score (nSPS) is 11.7. The van der Waals surface area contributed by atoms with E-state index >= 15 is 0 Å². The summed E-state index contributed by atoms with van der Waals surface area (Å²) in [5.41, 5.74) is 2.81. The molecule has 0 aliphatic rings. The number of nitrogens with one attached hydrogen (secondary N) is 2. The Morgan fingerprint density at radius 1 is 1.26 bits per heavy atom. The van der Waals surface area contributed by atoms with E-state index in [0.29, 0.717) is 25.2 Å². The molecule has 0 atom stereocenters. The summed E-state index contributed by atoms with van der Waals surface area (Å²) in [6.07, 6.45) is 2.85. The molecule has 0 aliphatic heterocycles. The summed E-state index contributed by atoms with van der Waals surface area (Å²) in [5, 5.41) is 13.5. The van der Waals surface area contributed by atoms with Gasteiger partial charge in [0.2, 0.25) is 0 Å². The van der Waals surface area contributed by atoms with Gasteiger partial charge in [-0.05, 0) is 18.8 Å². The number of nitrogen functional groups attached to an aromatic ring is 1. The first-order valence-electron chi connectivity index (χ1n) is 6.75. The van der Waals surface area contributed by atoms with Crippen molar-refractivity contribution in [2.75, 3.05) is 17.3 Å². The van der Waals surface area contributed by atoms with E-state index in [-0.39, 0.29) is 5.92 Å². The van der Waals surface area contributed by atoms with E-state index in [1.807, 2.05) is 13.8 Å². The molecular formula is C13H25N5O. The van der Waals surface area contributed by atoms with Crippen molar-refractivity contribution >= 4 is 11.6 Å². The molecule has 19 heavy (non-hydrogen) atoms. The zero-order valence-electron chi connectivity index (χ0n) is 12.2. The summed E-state index contributed by atoms with van der Waals surface area (Å²) in [7, 11) is 0. The van der Waals surface area contributed by atoms with Crippen LogP contribution < -0.4 is 16.6 Å². The van der Waals surface area contributed by atoms with Gasteiger partial charge in [0.05, 0.1) is 5.60 Å². The van der Waals surface area contributed by atoms with Gasteiger partial charge in [-0.15, -0.1) is 0 Å². The maximum atomic E-state index is 10.3. The molecule has 1 aromatic heterocycles. The third-order valence-corrected chi connectivity index (χ3v) is 3.50. The molecule has 0 aliphatic carbocycles. The molecule has 0 bridgehead atoms. The van der Waals surface area contributed by atoms with E-state index in [4.69, 9.17) is 5.84 Å². The lowest BCUT2D eigenvalue weighted by molar-refractivity contribution is 0.0456. The average molecular weight is 267 g/mol. The van der Waals surface area contributed by atoms with Gasteiger partial charge in [0.1, 0.15) is 18.0 Å². The Morgan fingerprint density at radius 3 is 2.32 bits per heavy atom. The van der Waals surface area contributed by atoms with Gasteiger partial charge in [0.25, 0.3) is 0 Å². The average Bonchev–Trinajstić information content (AvgIpc) is 2.43. The van der Waals surface area contributed by atoms with Crippen LogP contribution in [0.5, 0.6) is 0 Å². The van der Waals surface area contributed by atoms with E-state index in [2.05, 4.69) is 34.6 Å². The lowest BCUT2D eigenvalue weighted by Crippen LogP contribution is -2.36. The number of hydrogen-bond acceptors (Lipinski definition) is 6. The van der Waals surface area contributed by atoms with Crippen LogP contribution in [0.15, 0.2) is 6.33 Å². The zero-order valence-corrected chi connectivity index (χ0v) is 12.2. The quantitative estimate of drug-likeness (QED) is 0.445. The van der Waals surface area contributed by atoms with Crippen LogP contribution in [0.3, 0.4) is 0 Å². The van der Waals surface area contributed by atoms with Crippen LogP contribution in [0.25, 0.3) is 0 Å². The predicted octanol–water partition coefficient (Wildman–Crippen LogP) is 1.85. The van der Waals surface area contributed by atoms with Crippen LogP contribution >= 0.6 is 0 Å². The van der Waals surface area contributed by atoms with Crippen molar-refractivity contribution in [2.24, 2.45) is 5.84 Å². The maximum Gasteiger partial charge on any atom is 0.148 e. The second kappa shape index (κ2) is 6.68. The fourth-order valence-corrected chi connectivity index (χ4v) is 1.95. The van der Waals surface area contributed by atoms with E-state index in [1.165, 1.54) is 6.33 Å². The summed E-state index contributed by atoms with van der Waals surface area (Å²) in [4.78, 5) is 8.37. The van der Waals surface area contributed by atoms with Crippen molar-refractivity contribution in [3.8, 4) is 0 Å². The Bertz CT molecular complexity index is 404. The second-order valence-electron chi connectivity index (χ2n) is 5.07. The topological polar surface area (TPSA) is 96.1 Å². The van der Waals surface area contributed by atoms with E-state index < -0.39 is 5.60 Å². The largest absolute Gasteiger partial charge is 0.388 e. The van der Waals surface area contributed by atoms with Crippen LogP contribution in [0.2, 0.25) is 0 Å². The molecule has 6 heteroatoms. The Kier molecular flexibility index (Phi) is 5.50. The molecule has 108 valence electrons. The highest BCUT2D eigenvalue weighted by Crippen LogP contribution is 2.28. The van der Waals surface area contributed by atoms with Gasteiger partial charge in [0.15, 0.2) is 0 Å². The SMILES string of the molecule is CCC(O)(CC)CNc1ncnc(NN)c1C(C)C. The highest BCUT2D eigenvalue weighted by Gasteiger charge is 2.23. The summed E-state index contributed by atoms with van der Waals surface area (Å²) in [5.74, 6) is 7.04. The molecule has 0 amide bonds. The number of rotatable bonds is 7. The minimum atomic E-state index is -0.713. The molecular weight excluding hydrogens is 242 g/mol. The maximum absolute atomic E-state index is 10.3. The molecule has 0 aromatic carbocycles. The van der Waals surface area contributed by atoms with Gasteiger partial charge in [-0.2, -0.15) is 0 Å². The van der Waals surface area contributed by atoms with Gasteiger partial charge < -0.3 is 15.8 Å². The fourth-order valence-electron chi connectivity index (χ4n) is 1.95. The lowest BCUT2D eigenvalue weighted by atomic mass is 9.97. The molecule has 1 aromatic rings. The molecule has 0 spiro atoms. The minimum Gasteiger partial charge on any atom is -0.388 e. The number of aromatic nitrogens is 2. The highest BCUT2D eigenvalue weighted by atomic mass is 16.3. The van der Waals surface area contributed by atoms with Gasteiger partial charge in [-0.25, -0.2) is 15.8 Å². The van der Waals surface area contributed by atoms with Crippen molar-refractivity contribution in [3.63, 3.8) is 0 Å². The second-order valence-corrected chi connectivity index (χ2v) is 5.07. The standard InChI is InChI=1S/C13H25N5O/c1-5-13(19,6-2)7-15-11-10(9(3)4)12(18-14)17-8-16-11/h8-9,19H,5-7,14H2,1-4H3,(H2,15,16,17,18). The van der Waals surface area contributed by atoms with E-state index in [9.17, 15) is 5.11 Å². The predicted molar refractivity (Wildman–Crippen MR) is 78.0 cm³/mol. The smallest absolute Gasteiger partial charge is 0.148 e. The van der Waals surface area contributed by atoms with Crippen LogP contribution in [0.4, 0.5) is 11.6 Å². The van der Waals surface area contributed by atoms with Crippen LogP contribution in [-0.4, -0.2) is 27.2 Å². The van der Waals surface area contributed by atoms with Gasteiger partial charge >= 0.3 is 0 Å².